The van der Waals surface area contributed by atoms with Crippen molar-refractivity contribution in [1.82, 2.24) is 10.2 Å². The predicted molar refractivity (Wildman–Crippen MR) is 81.7 cm³/mol. The molecule has 1 aromatic rings. The molecule has 1 heterocycles. The van der Waals surface area contributed by atoms with Gasteiger partial charge in [-0.2, -0.15) is 0 Å². The van der Waals surface area contributed by atoms with Crippen LogP contribution in [0.15, 0.2) is 29.2 Å². The SMILES string of the molecule is COC[C@@H]1CCCN1C(=O)NCc1ccc(S(N)(=O)=O)cc1. The van der Waals surface area contributed by atoms with Gasteiger partial charge in [-0.15, -0.1) is 0 Å². The van der Waals surface area contributed by atoms with Crippen molar-refractivity contribution in [2.45, 2.75) is 30.3 Å². The standard InChI is InChI=1S/C14H21N3O4S/c1-21-10-12-3-2-8-17(12)14(18)16-9-11-4-6-13(7-5-11)22(15,19)20/h4-7,12H,2-3,8-10H2,1H3,(H,16,18)(H2,15,19,20)/t12-/m0/s1. The van der Waals surface area contributed by atoms with Gasteiger partial charge in [-0.1, -0.05) is 12.1 Å². The molecule has 1 saturated heterocycles. The Morgan fingerprint density at radius 2 is 2.09 bits per heavy atom. The zero-order valence-corrected chi connectivity index (χ0v) is 13.3. The van der Waals surface area contributed by atoms with E-state index < -0.39 is 10.0 Å². The van der Waals surface area contributed by atoms with Crippen molar-refractivity contribution >= 4 is 16.1 Å². The molecular formula is C14H21N3O4S. The third-order valence-corrected chi connectivity index (χ3v) is 4.62. The fourth-order valence-electron chi connectivity index (χ4n) is 2.54. The number of hydrogen-bond donors (Lipinski definition) is 2. The molecule has 1 atom stereocenters. The number of likely N-dealkylation sites (tertiary alicyclic amines) is 1. The van der Waals surface area contributed by atoms with Crippen LogP contribution in [0.1, 0.15) is 18.4 Å². The molecular weight excluding hydrogens is 306 g/mol. The molecule has 2 rings (SSSR count). The van der Waals surface area contributed by atoms with Gasteiger partial charge in [-0.3, -0.25) is 0 Å². The van der Waals surface area contributed by atoms with Gasteiger partial charge in [-0.05, 0) is 30.5 Å². The number of rotatable bonds is 5. The van der Waals surface area contributed by atoms with Crippen molar-refractivity contribution in [3.63, 3.8) is 0 Å². The number of carbonyl (C=O) groups excluding carboxylic acids is 1. The Balaban J connectivity index is 1.91. The molecule has 0 bridgehead atoms. The minimum Gasteiger partial charge on any atom is -0.383 e. The molecule has 0 radical (unpaired) electrons. The molecule has 1 aliphatic heterocycles. The molecule has 7 nitrogen and oxygen atoms in total. The van der Waals surface area contributed by atoms with E-state index in [9.17, 15) is 13.2 Å². The lowest BCUT2D eigenvalue weighted by Gasteiger charge is -2.24. The van der Waals surface area contributed by atoms with Crippen LogP contribution < -0.4 is 10.5 Å². The number of primary sulfonamides is 1. The van der Waals surface area contributed by atoms with E-state index in [4.69, 9.17) is 9.88 Å². The van der Waals surface area contributed by atoms with E-state index in [1.54, 1.807) is 24.1 Å². The average molecular weight is 327 g/mol. The zero-order chi connectivity index (χ0) is 16.2. The Kier molecular flexibility index (Phi) is 5.38. The lowest BCUT2D eigenvalue weighted by molar-refractivity contribution is 0.123. The van der Waals surface area contributed by atoms with Crippen LogP contribution in [0.3, 0.4) is 0 Å². The minimum atomic E-state index is -3.69. The van der Waals surface area contributed by atoms with E-state index in [1.165, 1.54) is 12.1 Å². The molecule has 122 valence electrons. The molecule has 1 aromatic carbocycles. The molecule has 2 amide bonds. The van der Waals surface area contributed by atoms with Gasteiger partial charge in [0.15, 0.2) is 0 Å². The number of amides is 2. The lowest BCUT2D eigenvalue weighted by atomic mass is 10.2. The summed E-state index contributed by atoms with van der Waals surface area (Å²) >= 11 is 0. The molecule has 0 unspecified atom stereocenters. The number of nitrogens with two attached hydrogens (primary N) is 1. The summed E-state index contributed by atoms with van der Waals surface area (Å²) in [6.07, 6.45) is 1.93. The first-order valence-corrected chi connectivity index (χ1v) is 8.61. The number of nitrogens with one attached hydrogen (secondary N) is 1. The quantitative estimate of drug-likeness (QED) is 0.829. The molecule has 3 N–H and O–H groups in total. The van der Waals surface area contributed by atoms with Gasteiger partial charge in [0.2, 0.25) is 10.0 Å². The highest BCUT2D eigenvalue weighted by Crippen LogP contribution is 2.17. The zero-order valence-electron chi connectivity index (χ0n) is 12.5. The van der Waals surface area contributed by atoms with Gasteiger partial charge in [0.05, 0.1) is 17.5 Å². The summed E-state index contributed by atoms with van der Waals surface area (Å²) in [5.74, 6) is 0. The fraction of sp³-hybridized carbons (Fsp3) is 0.500. The Morgan fingerprint density at radius 1 is 1.41 bits per heavy atom. The van der Waals surface area contributed by atoms with Gasteiger partial charge in [0.25, 0.3) is 0 Å². The van der Waals surface area contributed by atoms with Crippen molar-refractivity contribution in [2.24, 2.45) is 5.14 Å². The van der Waals surface area contributed by atoms with Crippen LogP contribution in [-0.4, -0.2) is 45.7 Å². The van der Waals surface area contributed by atoms with Gasteiger partial charge < -0.3 is 15.0 Å². The van der Waals surface area contributed by atoms with E-state index in [0.717, 1.165) is 24.9 Å². The number of urea groups is 1. The predicted octanol–water partition coefficient (Wildman–Crippen LogP) is 0.654. The molecule has 1 aliphatic rings. The van der Waals surface area contributed by atoms with Crippen molar-refractivity contribution in [1.29, 1.82) is 0 Å². The Hall–Kier alpha value is -1.64. The van der Waals surface area contributed by atoms with E-state index in [2.05, 4.69) is 5.32 Å². The van der Waals surface area contributed by atoms with Crippen LogP contribution in [0.2, 0.25) is 0 Å². The van der Waals surface area contributed by atoms with Crippen molar-refractivity contribution in [2.75, 3.05) is 20.3 Å². The summed E-state index contributed by atoms with van der Waals surface area (Å²) in [6, 6.07) is 6.12. The third-order valence-electron chi connectivity index (χ3n) is 3.69. The second kappa shape index (κ2) is 7.08. The Morgan fingerprint density at radius 3 is 2.68 bits per heavy atom. The highest BCUT2D eigenvalue weighted by Gasteiger charge is 2.28. The first-order valence-electron chi connectivity index (χ1n) is 7.07. The van der Waals surface area contributed by atoms with Crippen molar-refractivity contribution < 1.29 is 17.9 Å². The minimum absolute atomic E-state index is 0.0577. The second-order valence-electron chi connectivity index (χ2n) is 5.29. The molecule has 22 heavy (non-hydrogen) atoms. The Bertz CT molecular complexity index is 615. The monoisotopic (exact) mass is 327 g/mol. The molecule has 0 aromatic heterocycles. The summed E-state index contributed by atoms with van der Waals surface area (Å²) in [6.45, 7) is 1.60. The van der Waals surface area contributed by atoms with E-state index in [0.29, 0.717) is 13.2 Å². The van der Waals surface area contributed by atoms with Crippen molar-refractivity contribution in [3.05, 3.63) is 29.8 Å². The summed E-state index contributed by atoms with van der Waals surface area (Å²) in [7, 11) is -2.06. The number of methoxy groups -OCH3 is 1. The third kappa shape index (κ3) is 4.19. The molecule has 0 saturated carbocycles. The highest BCUT2D eigenvalue weighted by atomic mass is 32.2. The Labute approximate surface area is 130 Å². The summed E-state index contributed by atoms with van der Waals surface area (Å²) in [4.78, 5) is 14.0. The molecule has 0 aliphatic carbocycles. The number of hydrogen-bond acceptors (Lipinski definition) is 4. The fourth-order valence-corrected chi connectivity index (χ4v) is 3.06. The molecule has 8 heteroatoms. The largest absolute Gasteiger partial charge is 0.383 e. The summed E-state index contributed by atoms with van der Waals surface area (Å²) in [5, 5.41) is 7.88. The number of carbonyl (C=O) groups is 1. The second-order valence-corrected chi connectivity index (χ2v) is 6.85. The number of benzene rings is 1. The van der Waals surface area contributed by atoms with E-state index >= 15 is 0 Å². The van der Waals surface area contributed by atoms with Gasteiger partial charge in [-0.25, -0.2) is 18.4 Å². The number of ether oxygens (including phenoxy) is 1. The summed E-state index contributed by atoms with van der Waals surface area (Å²) < 4.78 is 27.5. The van der Waals surface area contributed by atoms with Crippen LogP contribution in [0.25, 0.3) is 0 Å². The maximum absolute atomic E-state index is 12.2. The smallest absolute Gasteiger partial charge is 0.317 e. The first-order chi connectivity index (χ1) is 10.4. The number of nitrogens with zero attached hydrogens (tertiary/aromatic N) is 1. The van der Waals surface area contributed by atoms with Crippen LogP contribution in [0.4, 0.5) is 4.79 Å². The van der Waals surface area contributed by atoms with Gasteiger partial charge >= 0.3 is 6.03 Å². The lowest BCUT2D eigenvalue weighted by Crippen LogP contribution is -2.44. The van der Waals surface area contributed by atoms with Crippen LogP contribution in [-0.2, 0) is 21.3 Å². The first kappa shape index (κ1) is 16.7. The van der Waals surface area contributed by atoms with Gasteiger partial charge in [0, 0.05) is 20.2 Å². The maximum Gasteiger partial charge on any atom is 0.317 e. The average Bonchev–Trinajstić information content (AvgIpc) is 2.93. The van der Waals surface area contributed by atoms with Crippen LogP contribution >= 0.6 is 0 Å². The normalized spacial score (nSPS) is 18.5. The number of sulfonamides is 1. The maximum atomic E-state index is 12.2. The van der Waals surface area contributed by atoms with E-state index in [-0.39, 0.29) is 17.0 Å². The van der Waals surface area contributed by atoms with Crippen LogP contribution in [0, 0.1) is 0 Å². The molecule has 1 fully saturated rings. The molecule has 0 spiro atoms. The van der Waals surface area contributed by atoms with E-state index in [1.807, 2.05) is 0 Å². The highest BCUT2D eigenvalue weighted by molar-refractivity contribution is 7.89. The van der Waals surface area contributed by atoms with Gasteiger partial charge in [0.1, 0.15) is 0 Å². The van der Waals surface area contributed by atoms with Crippen LogP contribution in [0.5, 0.6) is 0 Å². The van der Waals surface area contributed by atoms with Crippen molar-refractivity contribution in [3.8, 4) is 0 Å². The topological polar surface area (TPSA) is 102 Å². The summed E-state index contributed by atoms with van der Waals surface area (Å²) in [5.41, 5.74) is 0.809.